The number of rotatable bonds is 5. The summed E-state index contributed by atoms with van der Waals surface area (Å²) < 4.78 is 6.67. The Morgan fingerprint density at radius 3 is 2.71 bits per heavy atom. The second-order valence-electron chi connectivity index (χ2n) is 4.96. The van der Waals surface area contributed by atoms with Crippen LogP contribution in [0.5, 0.6) is 0 Å². The first-order valence-electron chi connectivity index (χ1n) is 7.15. The van der Waals surface area contributed by atoms with Crippen LogP contribution in [0, 0.1) is 4.84 Å². The minimum atomic E-state index is 0.184. The molecule has 0 spiro atoms. The van der Waals surface area contributed by atoms with Crippen molar-refractivity contribution in [2.24, 2.45) is 12.2 Å². The molecule has 3 aromatic rings. The highest BCUT2D eigenvalue weighted by Gasteiger charge is 2.15. The lowest BCUT2D eigenvalue weighted by Gasteiger charge is -2.06. The third kappa shape index (κ3) is 3.49. The Kier molecular flexibility index (Phi) is 4.66. The van der Waals surface area contributed by atoms with Crippen LogP contribution < -0.4 is 5.73 Å². The largest absolute Gasteiger partial charge is 0.389 e. The van der Waals surface area contributed by atoms with E-state index in [9.17, 15) is 0 Å². The zero-order valence-corrected chi connectivity index (χ0v) is 13.7. The van der Waals surface area contributed by atoms with Crippen LogP contribution in [-0.2, 0) is 18.5 Å². The van der Waals surface area contributed by atoms with E-state index in [4.69, 9.17) is 27.3 Å². The summed E-state index contributed by atoms with van der Waals surface area (Å²) in [5, 5.41) is 8.18. The summed E-state index contributed by atoms with van der Waals surface area (Å²) in [6.45, 7) is 0.184. The average molecular weight is 341 g/mol. The van der Waals surface area contributed by atoms with Gasteiger partial charge in [0.25, 0.3) is 4.84 Å². The number of aromatic nitrogens is 3. The van der Waals surface area contributed by atoms with Gasteiger partial charge in [-0.3, -0.25) is 4.57 Å². The molecule has 0 aliphatic rings. The van der Waals surface area contributed by atoms with Gasteiger partial charge in [0.15, 0.2) is 12.3 Å². The summed E-state index contributed by atoms with van der Waals surface area (Å²) in [6, 6.07) is 14.9. The fraction of sp³-hybridized carbons (Fsp3) is 0.125. The fourth-order valence-electron chi connectivity index (χ4n) is 2.05. The van der Waals surface area contributed by atoms with E-state index in [-0.39, 0.29) is 11.4 Å². The van der Waals surface area contributed by atoms with Crippen molar-refractivity contribution in [2.75, 3.05) is 5.73 Å². The fourth-order valence-corrected chi connectivity index (χ4v) is 2.18. The van der Waals surface area contributed by atoms with Gasteiger partial charge in [-0.15, -0.1) is 0 Å². The summed E-state index contributed by atoms with van der Waals surface area (Å²) in [4.78, 5) is 9.87. The lowest BCUT2D eigenvalue weighted by molar-refractivity contribution is 0.128. The molecule has 0 atom stereocenters. The molecule has 0 saturated carbocycles. The number of hydrogen-bond donors (Lipinski definition) is 1. The van der Waals surface area contributed by atoms with Gasteiger partial charge >= 0.3 is 0 Å². The van der Waals surface area contributed by atoms with E-state index >= 15 is 0 Å². The summed E-state index contributed by atoms with van der Waals surface area (Å²) in [5.74, 6) is 0.911. The normalized spacial score (nSPS) is 11.5. The van der Waals surface area contributed by atoms with Crippen LogP contribution >= 0.6 is 12.2 Å². The van der Waals surface area contributed by atoms with E-state index in [0.29, 0.717) is 23.0 Å². The second-order valence-corrected chi connectivity index (χ2v) is 5.31. The Morgan fingerprint density at radius 2 is 2.04 bits per heavy atom. The smallest absolute Gasteiger partial charge is 0.297 e. The Balaban J connectivity index is 1.90. The monoisotopic (exact) mass is 341 g/mol. The number of benzene rings is 1. The standard InChI is InChI=1S/C16H15N5O2S/c1-21-15(20-23-16(21)24)14(11-6-3-2-4-7-11)19-22-10-12-8-5-9-13(17)18-12/h2-9H,10H2,1H3,(H2,17,18)/b19-14-. The SMILES string of the molecule is Cn1c(/C(=N\OCc2cccc(N)n2)c2ccccc2)noc1=S. The first kappa shape index (κ1) is 15.9. The van der Waals surface area contributed by atoms with Crippen molar-refractivity contribution in [3.8, 4) is 0 Å². The third-order valence-corrected chi connectivity index (χ3v) is 3.61. The van der Waals surface area contributed by atoms with Crippen LogP contribution in [0.2, 0.25) is 0 Å². The van der Waals surface area contributed by atoms with Crippen LogP contribution in [0.4, 0.5) is 5.82 Å². The van der Waals surface area contributed by atoms with Crippen molar-refractivity contribution in [3.05, 3.63) is 70.5 Å². The minimum absolute atomic E-state index is 0.184. The van der Waals surface area contributed by atoms with Crippen molar-refractivity contribution in [3.63, 3.8) is 0 Å². The maximum Gasteiger partial charge on any atom is 0.297 e. The molecule has 0 aliphatic heterocycles. The number of nitrogens with zero attached hydrogens (tertiary/aromatic N) is 4. The van der Waals surface area contributed by atoms with Gasteiger partial charge in [0.1, 0.15) is 5.82 Å². The lowest BCUT2D eigenvalue weighted by Crippen LogP contribution is -2.11. The Morgan fingerprint density at radius 1 is 1.25 bits per heavy atom. The highest BCUT2D eigenvalue weighted by Crippen LogP contribution is 2.11. The van der Waals surface area contributed by atoms with Gasteiger partial charge in [0.05, 0.1) is 5.69 Å². The number of nitrogen functional groups attached to an aromatic ring is 1. The van der Waals surface area contributed by atoms with E-state index < -0.39 is 0 Å². The molecule has 3 rings (SSSR count). The number of nitrogens with two attached hydrogens (primary N) is 1. The molecule has 122 valence electrons. The van der Waals surface area contributed by atoms with Gasteiger partial charge in [0.2, 0.25) is 5.82 Å². The molecule has 0 aliphatic carbocycles. The molecule has 0 radical (unpaired) electrons. The third-order valence-electron chi connectivity index (χ3n) is 3.26. The van der Waals surface area contributed by atoms with E-state index in [1.165, 1.54) is 0 Å². The molecule has 24 heavy (non-hydrogen) atoms. The average Bonchev–Trinajstić information content (AvgIpc) is 2.92. The molecular formula is C16H15N5O2S. The predicted octanol–water partition coefficient (Wildman–Crippen LogP) is 2.69. The van der Waals surface area contributed by atoms with Crippen LogP contribution in [0.1, 0.15) is 17.1 Å². The topological polar surface area (TPSA) is 91.5 Å². The van der Waals surface area contributed by atoms with Crippen molar-refractivity contribution in [2.45, 2.75) is 6.61 Å². The number of oxime groups is 1. The van der Waals surface area contributed by atoms with Crippen molar-refractivity contribution < 1.29 is 9.36 Å². The Labute approximate surface area is 143 Å². The zero-order chi connectivity index (χ0) is 16.9. The molecule has 0 saturated heterocycles. The van der Waals surface area contributed by atoms with Gasteiger partial charge in [-0.2, -0.15) is 0 Å². The number of hydrogen-bond acceptors (Lipinski definition) is 7. The molecule has 0 fully saturated rings. The van der Waals surface area contributed by atoms with Crippen LogP contribution in [0.15, 0.2) is 58.2 Å². The quantitative estimate of drug-likeness (QED) is 0.436. The Bertz CT molecular complexity index is 917. The van der Waals surface area contributed by atoms with Gasteiger partial charge in [-0.25, -0.2) is 4.98 Å². The van der Waals surface area contributed by atoms with Crippen LogP contribution in [0.25, 0.3) is 0 Å². The van der Waals surface area contributed by atoms with Crippen molar-refractivity contribution >= 4 is 23.7 Å². The number of anilines is 1. The van der Waals surface area contributed by atoms with Gasteiger partial charge in [0, 0.05) is 12.6 Å². The molecule has 0 bridgehead atoms. The molecule has 7 nitrogen and oxygen atoms in total. The highest BCUT2D eigenvalue weighted by molar-refractivity contribution is 7.71. The van der Waals surface area contributed by atoms with Gasteiger partial charge in [-0.1, -0.05) is 46.7 Å². The molecule has 2 aromatic heterocycles. The Hall–Kier alpha value is -3.00. The molecule has 2 N–H and O–H groups in total. The minimum Gasteiger partial charge on any atom is -0.389 e. The maximum absolute atomic E-state index is 5.66. The van der Waals surface area contributed by atoms with E-state index in [1.807, 2.05) is 42.5 Å². The summed E-state index contributed by atoms with van der Waals surface area (Å²) >= 11 is 5.06. The lowest BCUT2D eigenvalue weighted by atomic mass is 10.1. The molecule has 8 heteroatoms. The second kappa shape index (κ2) is 7.05. The van der Waals surface area contributed by atoms with E-state index in [2.05, 4.69) is 15.3 Å². The van der Waals surface area contributed by atoms with Gasteiger partial charge in [-0.05, 0) is 24.4 Å². The summed E-state index contributed by atoms with van der Waals surface area (Å²) in [5.41, 5.74) is 7.68. The highest BCUT2D eigenvalue weighted by atomic mass is 32.1. The van der Waals surface area contributed by atoms with Gasteiger partial charge < -0.3 is 15.1 Å². The molecule has 2 heterocycles. The van der Waals surface area contributed by atoms with Crippen LogP contribution in [-0.4, -0.2) is 20.4 Å². The first-order chi connectivity index (χ1) is 11.6. The predicted molar refractivity (Wildman–Crippen MR) is 91.8 cm³/mol. The van der Waals surface area contributed by atoms with E-state index in [1.54, 1.807) is 17.7 Å². The van der Waals surface area contributed by atoms with Crippen molar-refractivity contribution in [1.29, 1.82) is 0 Å². The van der Waals surface area contributed by atoms with Crippen LogP contribution in [0.3, 0.4) is 0 Å². The molecular weight excluding hydrogens is 326 g/mol. The molecule has 1 aromatic carbocycles. The number of pyridine rings is 1. The van der Waals surface area contributed by atoms with Crippen molar-refractivity contribution in [1.82, 2.24) is 14.7 Å². The maximum atomic E-state index is 5.66. The molecule has 0 unspecified atom stereocenters. The zero-order valence-electron chi connectivity index (χ0n) is 12.9. The first-order valence-corrected chi connectivity index (χ1v) is 7.56. The van der Waals surface area contributed by atoms with E-state index in [0.717, 1.165) is 5.56 Å². The molecule has 0 amide bonds. The summed E-state index contributed by atoms with van der Waals surface area (Å²) in [7, 11) is 1.76. The summed E-state index contributed by atoms with van der Waals surface area (Å²) in [6.07, 6.45) is 0.